The van der Waals surface area contributed by atoms with E-state index in [4.69, 9.17) is 4.74 Å². The number of ether oxygens (including phenoxy) is 1. The molecule has 0 spiro atoms. The Morgan fingerprint density at radius 2 is 1.51 bits per heavy atom. The summed E-state index contributed by atoms with van der Waals surface area (Å²) in [5, 5.41) is 3.13. The second-order valence-corrected chi connectivity index (χ2v) is 13.8. The van der Waals surface area contributed by atoms with Gasteiger partial charge in [0.15, 0.2) is 0 Å². The van der Waals surface area contributed by atoms with Crippen molar-refractivity contribution < 1.29 is 23.9 Å². The zero-order valence-corrected chi connectivity index (χ0v) is 26.8. The molecule has 0 bridgehead atoms. The average molecular weight is 578 g/mol. The van der Waals surface area contributed by atoms with Crippen LogP contribution < -0.4 is 5.32 Å². The van der Waals surface area contributed by atoms with E-state index in [0.717, 1.165) is 58.0 Å². The van der Waals surface area contributed by atoms with Crippen LogP contribution in [0.25, 0.3) is 0 Å². The SMILES string of the molecule is COC(=O)[C@@H]1CCCCN1C(=O)[C@@H]1CCCN1C[C@H](C(C)C)N(C)C(=O)[C@@H](NC(=O)C1CCCCN1C)C(C)(C)C. The zero-order valence-electron chi connectivity index (χ0n) is 26.8. The van der Waals surface area contributed by atoms with E-state index in [1.807, 2.05) is 34.9 Å². The van der Waals surface area contributed by atoms with Crippen molar-refractivity contribution in [3.8, 4) is 0 Å². The van der Waals surface area contributed by atoms with Crippen LogP contribution in [-0.2, 0) is 23.9 Å². The van der Waals surface area contributed by atoms with Gasteiger partial charge in [-0.05, 0) is 76.4 Å². The summed E-state index contributed by atoms with van der Waals surface area (Å²) in [5.41, 5.74) is -0.473. The molecule has 0 aromatic rings. The number of amides is 3. The van der Waals surface area contributed by atoms with Gasteiger partial charge in [-0.2, -0.15) is 0 Å². The van der Waals surface area contributed by atoms with E-state index < -0.39 is 17.5 Å². The van der Waals surface area contributed by atoms with Crippen molar-refractivity contribution in [3.63, 3.8) is 0 Å². The minimum atomic E-state index is -0.665. The van der Waals surface area contributed by atoms with Gasteiger partial charge in [-0.25, -0.2) is 4.79 Å². The Morgan fingerprint density at radius 1 is 0.902 bits per heavy atom. The molecule has 41 heavy (non-hydrogen) atoms. The Kier molecular flexibility index (Phi) is 11.6. The van der Waals surface area contributed by atoms with E-state index >= 15 is 0 Å². The number of hydrogen-bond donors (Lipinski definition) is 1. The molecule has 3 amide bonds. The first-order valence-electron chi connectivity index (χ1n) is 15.7. The van der Waals surface area contributed by atoms with E-state index in [9.17, 15) is 19.2 Å². The standard InChI is InChI=1S/C31H55N5O5/c1-21(2)25(20-35-18-13-16-23(35)28(38)36-19-12-10-15-24(36)30(40)41-8)34(7)29(39)26(31(3,4)5)32-27(37)22-14-9-11-17-33(22)6/h21-26H,9-20H2,1-8H3,(H,32,37)/t22?,23-,24-,25+,26+/m0/s1. The van der Waals surface area contributed by atoms with Gasteiger partial charge in [0.2, 0.25) is 17.7 Å². The number of nitrogens with zero attached hydrogens (tertiary/aromatic N) is 4. The fraction of sp³-hybridized carbons (Fsp3) is 0.871. The van der Waals surface area contributed by atoms with Gasteiger partial charge < -0.3 is 19.9 Å². The summed E-state index contributed by atoms with van der Waals surface area (Å²) < 4.78 is 5.01. The highest BCUT2D eigenvalue weighted by Crippen LogP contribution is 2.28. The Balaban J connectivity index is 1.75. The molecule has 5 atom stereocenters. The molecule has 3 aliphatic rings. The lowest BCUT2D eigenvalue weighted by atomic mass is 9.84. The molecule has 0 saturated carbocycles. The van der Waals surface area contributed by atoms with Crippen LogP contribution in [0.2, 0.25) is 0 Å². The van der Waals surface area contributed by atoms with Crippen molar-refractivity contribution in [1.29, 1.82) is 0 Å². The smallest absolute Gasteiger partial charge is 0.328 e. The maximum atomic E-state index is 14.1. The lowest BCUT2D eigenvalue weighted by molar-refractivity contribution is -0.156. The largest absolute Gasteiger partial charge is 0.467 e. The van der Waals surface area contributed by atoms with Crippen molar-refractivity contribution in [2.45, 2.75) is 116 Å². The van der Waals surface area contributed by atoms with E-state index in [1.54, 1.807) is 9.80 Å². The molecule has 0 aromatic carbocycles. The molecule has 0 aliphatic carbocycles. The topological polar surface area (TPSA) is 102 Å². The van der Waals surface area contributed by atoms with Crippen LogP contribution >= 0.6 is 0 Å². The van der Waals surface area contributed by atoms with Gasteiger partial charge in [0.1, 0.15) is 12.1 Å². The van der Waals surface area contributed by atoms with Crippen molar-refractivity contribution in [3.05, 3.63) is 0 Å². The quantitative estimate of drug-likeness (QED) is 0.420. The number of carbonyl (C=O) groups excluding carboxylic acids is 4. The highest BCUT2D eigenvalue weighted by Gasteiger charge is 2.43. The van der Waals surface area contributed by atoms with Crippen molar-refractivity contribution in [2.24, 2.45) is 11.3 Å². The van der Waals surface area contributed by atoms with Gasteiger partial charge >= 0.3 is 5.97 Å². The molecule has 10 nitrogen and oxygen atoms in total. The van der Waals surface area contributed by atoms with Crippen molar-refractivity contribution in [1.82, 2.24) is 24.9 Å². The minimum Gasteiger partial charge on any atom is -0.467 e. The van der Waals surface area contributed by atoms with E-state index in [0.29, 0.717) is 19.5 Å². The van der Waals surface area contributed by atoms with Gasteiger partial charge in [0, 0.05) is 26.2 Å². The molecule has 3 fully saturated rings. The molecular weight excluding hydrogens is 522 g/mol. The third-order valence-electron chi connectivity index (χ3n) is 9.42. The number of likely N-dealkylation sites (N-methyl/N-ethyl adjacent to an activating group) is 2. The monoisotopic (exact) mass is 577 g/mol. The number of methoxy groups -OCH3 is 1. The molecule has 0 aromatic heterocycles. The lowest BCUT2D eigenvalue weighted by Crippen LogP contribution is -2.61. The van der Waals surface area contributed by atoms with Gasteiger partial charge in [-0.15, -0.1) is 0 Å². The van der Waals surface area contributed by atoms with Gasteiger partial charge in [0.25, 0.3) is 0 Å². The molecule has 0 radical (unpaired) electrons. The maximum absolute atomic E-state index is 14.1. The van der Waals surface area contributed by atoms with E-state index in [2.05, 4.69) is 29.0 Å². The second-order valence-electron chi connectivity index (χ2n) is 13.8. The van der Waals surface area contributed by atoms with Gasteiger partial charge in [-0.3, -0.25) is 24.2 Å². The molecule has 3 rings (SSSR count). The third kappa shape index (κ3) is 8.00. The van der Waals surface area contributed by atoms with Crippen LogP contribution in [-0.4, -0.2) is 121 Å². The number of rotatable bonds is 9. The summed E-state index contributed by atoms with van der Waals surface area (Å²) in [6, 6.07) is -1.86. The molecule has 3 aliphatic heterocycles. The first-order valence-corrected chi connectivity index (χ1v) is 15.7. The first kappa shape index (κ1) is 33.3. The first-order chi connectivity index (χ1) is 19.3. The predicted molar refractivity (Wildman–Crippen MR) is 159 cm³/mol. The lowest BCUT2D eigenvalue weighted by Gasteiger charge is -2.42. The zero-order chi connectivity index (χ0) is 30.5. The number of piperidine rings is 2. The fourth-order valence-electron chi connectivity index (χ4n) is 6.77. The number of carbonyl (C=O) groups is 4. The van der Waals surface area contributed by atoms with Crippen LogP contribution in [0.5, 0.6) is 0 Å². The maximum Gasteiger partial charge on any atom is 0.328 e. The molecular formula is C31H55N5O5. The Labute approximate surface area is 247 Å². The summed E-state index contributed by atoms with van der Waals surface area (Å²) >= 11 is 0. The highest BCUT2D eigenvalue weighted by atomic mass is 16.5. The predicted octanol–water partition coefficient (Wildman–Crippen LogP) is 2.50. The van der Waals surface area contributed by atoms with E-state index in [1.165, 1.54) is 7.11 Å². The van der Waals surface area contributed by atoms with Gasteiger partial charge in [0.05, 0.1) is 19.2 Å². The molecule has 1 unspecified atom stereocenters. The average Bonchev–Trinajstić information content (AvgIpc) is 3.40. The Bertz CT molecular complexity index is 934. The summed E-state index contributed by atoms with van der Waals surface area (Å²) in [6.07, 6.45) is 6.95. The van der Waals surface area contributed by atoms with Crippen LogP contribution in [0.15, 0.2) is 0 Å². The minimum absolute atomic E-state index is 0.00878. The number of esters is 1. The molecule has 10 heteroatoms. The number of hydrogen-bond acceptors (Lipinski definition) is 7. The van der Waals surface area contributed by atoms with Crippen molar-refractivity contribution in [2.75, 3.05) is 47.4 Å². The third-order valence-corrected chi connectivity index (χ3v) is 9.42. The second kappa shape index (κ2) is 14.3. The Morgan fingerprint density at radius 3 is 2.10 bits per heavy atom. The van der Waals surface area contributed by atoms with Crippen molar-refractivity contribution >= 4 is 23.7 Å². The molecule has 1 N–H and O–H groups in total. The number of nitrogens with one attached hydrogen (secondary N) is 1. The number of likely N-dealkylation sites (tertiary alicyclic amines) is 3. The molecule has 234 valence electrons. The normalized spacial score (nSPS) is 26.0. The van der Waals surface area contributed by atoms with Crippen LogP contribution in [0.3, 0.4) is 0 Å². The fourth-order valence-corrected chi connectivity index (χ4v) is 6.77. The Hall–Kier alpha value is -2.20. The summed E-state index contributed by atoms with van der Waals surface area (Å²) in [7, 11) is 5.18. The summed E-state index contributed by atoms with van der Waals surface area (Å²) in [6.45, 7) is 12.9. The van der Waals surface area contributed by atoms with Crippen LogP contribution in [0.4, 0.5) is 0 Å². The molecule has 3 heterocycles. The highest BCUT2D eigenvalue weighted by molar-refractivity contribution is 5.90. The van der Waals surface area contributed by atoms with Gasteiger partial charge in [-0.1, -0.05) is 41.0 Å². The summed E-state index contributed by atoms with van der Waals surface area (Å²) in [5.74, 6) is -0.402. The molecule has 3 saturated heterocycles. The van der Waals surface area contributed by atoms with Crippen LogP contribution in [0, 0.1) is 11.3 Å². The summed E-state index contributed by atoms with van der Waals surface area (Å²) in [4.78, 5) is 61.4. The van der Waals surface area contributed by atoms with E-state index in [-0.39, 0.29) is 47.7 Å². The van der Waals surface area contributed by atoms with Crippen LogP contribution in [0.1, 0.15) is 86.0 Å².